The Morgan fingerprint density at radius 3 is 1.91 bits per heavy atom. The molecular weight excluding hydrogens is 477 g/mol. The number of fused-ring (bicyclic) bond motifs is 8. The number of nitrogens with one attached hydrogen (secondary N) is 2. The van der Waals surface area contributed by atoms with Gasteiger partial charge in [0.2, 0.25) is 5.69 Å². The van der Waals surface area contributed by atoms with Crippen LogP contribution >= 0.6 is 0 Å². The van der Waals surface area contributed by atoms with Crippen LogP contribution in [0, 0.1) is 28.2 Å². The van der Waals surface area contributed by atoms with Gasteiger partial charge in [-0.15, -0.1) is 0 Å². The molecule has 6 heteroatoms. The smallest absolute Gasteiger partial charge is 0.236 e. The van der Waals surface area contributed by atoms with Gasteiger partial charge in [0.25, 0.3) is 0 Å². The summed E-state index contributed by atoms with van der Waals surface area (Å²) in [6, 6.07) is 14.6. The van der Waals surface area contributed by atoms with Gasteiger partial charge in [-0.05, 0) is 68.8 Å². The Morgan fingerprint density at radius 2 is 1.26 bits per heavy atom. The molecule has 2 aliphatic heterocycles. The quantitative estimate of drug-likeness (QED) is 0.157. The van der Waals surface area contributed by atoms with Crippen LogP contribution in [0.1, 0.15) is 39.5 Å². The predicted octanol–water partition coefficient (Wildman–Crippen LogP) is 6.31. The fourth-order valence-electron chi connectivity index (χ4n) is 4.43. The van der Waals surface area contributed by atoms with E-state index in [9.17, 15) is 0 Å². The van der Waals surface area contributed by atoms with Crippen molar-refractivity contribution in [3.05, 3.63) is 102 Å². The van der Waals surface area contributed by atoms with Crippen molar-refractivity contribution in [3.63, 3.8) is 0 Å². The van der Waals surface area contributed by atoms with Gasteiger partial charge in [-0.25, -0.2) is 9.97 Å². The van der Waals surface area contributed by atoms with Crippen molar-refractivity contribution in [1.29, 1.82) is 0 Å². The predicted molar refractivity (Wildman–Crippen MR) is 141 cm³/mol. The summed E-state index contributed by atoms with van der Waals surface area (Å²) >= 11 is 0. The van der Waals surface area contributed by atoms with Gasteiger partial charge in [-0.3, -0.25) is 0 Å². The van der Waals surface area contributed by atoms with E-state index in [1.54, 1.807) is 0 Å². The second kappa shape index (κ2) is 9.48. The third-order valence-corrected chi connectivity index (χ3v) is 6.43. The number of hydrogen-bond acceptors (Lipinski definition) is 2. The molecule has 0 unspecified atom stereocenters. The van der Waals surface area contributed by atoms with E-state index < -0.39 is 0 Å². The van der Waals surface area contributed by atoms with Gasteiger partial charge in [-0.2, -0.15) is 4.57 Å². The number of pyridine rings is 1. The zero-order valence-electron chi connectivity index (χ0n) is 20.2. The number of nitrogens with zero attached hydrogens (tertiary/aromatic N) is 3. The topological polar surface area (TPSA) is 61.2 Å². The number of rotatable bonds is 1. The molecule has 0 spiro atoms. The van der Waals surface area contributed by atoms with E-state index in [-0.39, 0.29) is 23.9 Å². The molecule has 2 N–H and O–H groups in total. The van der Waals surface area contributed by atoms with Crippen LogP contribution in [0.15, 0.2) is 54.9 Å². The number of H-pyrrole nitrogens is 2. The molecule has 0 saturated carbocycles. The molecule has 0 fully saturated rings. The molecule has 8 bridgehead atoms. The van der Waals surface area contributed by atoms with E-state index in [2.05, 4.69) is 96.3 Å². The first-order valence-corrected chi connectivity index (χ1v) is 11.1. The van der Waals surface area contributed by atoms with E-state index in [1.807, 2.05) is 18.2 Å². The molecule has 4 aromatic heterocycles. The average molecular weight is 504 g/mol. The molecule has 5 nitrogen and oxygen atoms in total. The van der Waals surface area contributed by atoms with Crippen molar-refractivity contribution < 1.29 is 21.1 Å². The molecule has 0 amide bonds. The first-order valence-electron chi connectivity index (χ1n) is 11.1. The maximum Gasteiger partial charge on any atom is 0.236 e. The van der Waals surface area contributed by atoms with Crippen molar-refractivity contribution in [2.45, 2.75) is 20.8 Å². The van der Waals surface area contributed by atoms with Gasteiger partial charge < -0.3 is 17.4 Å². The molecule has 6 heterocycles. The Labute approximate surface area is 215 Å². The van der Waals surface area contributed by atoms with Gasteiger partial charge in [0.05, 0.1) is 22.8 Å². The summed E-state index contributed by atoms with van der Waals surface area (Å²) < 4.78 is 2.13. The number of hydrogen-bond donors (Lipinski definition) is 2. The van der Waals surface area contributed by atoms with Crippen molar-refractivity contribution in [2.75, 3.05) is 0 Å². The second-order valence-corrected chi connectivity index (χ2v) is 8.55. The fourth-order valence-corrected chi connectivity index (χ4v) is 4.43. The van der Waals surface area contributed by atoms with E-state index in [0.717, 1.165) is 67.2 Å². The second-order valence-electron chi connectivity index (χ2n) is 8.55. The van der Waals surface area contributed by atoms with Gasteiger partial charge in [-0.1, -0.05) is 6.07 Å². The van der Waals surface area contributed by atoms with E-state index in [1.165, 1.54) is 0 Å². The summed E-state index contributed by atoms with van der Waals surface area (Å²) in [7, 11) is 0. The Bertz CT molecular complexity index is 1640. The standard InChI is InChI=1S/C28H24N5.CH3.Ni/c1-17-22-8-7-20(29-22)15-21-16-27(33-13-5-4-6-14-33)28(30-21)19(3)26-12-11-25(32-26)18(2)24-10-9-23(17)31-24;;/h4-16,29-30H,1-3H3;1H3;/q+1;-1;. The average Bonchev–Trinajstić information content (AvgIpc) is 3.64. The van der Waals surface area contributed by atoms with E-state index in [4.69, 9.17) is 9.97 Å². The van der Waals surface area contributed by atoms with Gasteiger partial charge in [0.1, 0.15) is 5.52 Å². The normalized spacial score (nSPS) is 11.7. The molecule has 178 valence electrons. The summed E-state index contributed by atoms with van der Waals surface area (Å²) in [6.45, 7) is 6.32. The van der Waals surface area contributed by atoms with Crippen molar-refractivity contribution in [3.8, 4) is 5.69 Å². The van der Waals surface area contributed by atoms with Gasteiger partial charge in [0.15, 0.2) is 12.4 Å². The van der Waals surface area contributed by atoms with Crippen LogP contribution in [0.2, 0.25) is 0 Å². The minimum atomic E-state index is 0. The fraction of sp³-hybridized carbons (Fsp3) is 0.103. The number of aromatic nitrogens is 5. The largest absolute Gasteiger partial charge is 0.358 e. The van der Waals surface area contributed by atoms with Crippen molar-refractivity contribution in [2.24, 2.45) is 0 Å². The zero-order valence-corrected chi connectivity index (χ0v) is 21.2. The Morgan fingerprint density at radius 1 is 0.657 bits per heavy atom. The van der Waals surface area contributed by atoms with E-state index >= 15 is 0 Å². The maximum atomic E-state index is 4.97. The first kappa shape index (κ1) is 24.4. The molecule has 4 aromatic rings. The Balaban J connectivity index is 0.00000144. The van der Waals surface area contributed by atoms with Crippen LogP contribution in [-0.4, -0.2) is 19.9 Å². The van der Waals surface area contributed by atoms with Gasteiger partial charge >= 0.3 is 0 Å². The Kier molecular flexibility index (Phi) is 6.60. The van der Waals surface area contributed by atoms with Crippen LogP contribution in [0.25, 0.3) is 52.1 Å². The molecule has 0 aromatic carbocycles. The minimum Gasteiger partial charge on any atom is -0.358 e. The van der Waals surface area contributed by atoms with Crippen LogP contribution in [0.3, 0.4) is 0 Å². The maximum absolute atomic E-state index is 4.97. The Hall–Kier alpha value is -3.76. The first-order chi connectivity index (χ1) is 16.1. The van der Waals surface area contributed by atoms with E-state index in [0.29, 0.717) is 0 Å². The van der Waals surface area contributed by atoms with Crippen LogP contribution in [0.5, 0.6) is 0 Å². The number of aromatic amines is 2. The molecular formula is C29H27N5Ni. The molecule has 0 aliphatic carbocycles. The van der Waals surface area contributed by atoms with Crippen LogP contribution in [0.4, 0.5) is 0 Å². The molecule has 0 radical (unpaired) electrons. The third kappa shape index (κ3) is 4.26. The van der Waals surface area contributed by atoms with Gasteiger partial charge in [0, 0.05) is 62.4 Å². The third-order valence-electron chi connectivity index (χ3n) is 6.43. The summed E-state index contributed by atoms with van der Waals surface area (Å²) in [5.41, 5.74) is 12.4. The molecule has 6 rings (SSSR count). The zero-order chi connectivity index (χ0) is 22.5. The molecule has 2 aliphatic rings. The van der Waals surface area contributed by atoms with Crippen LogP contribution < -0.4 is 4.57 Å². The molecule has 35 heavy (non-hydrogen) atoms. The van der Waals surface area contributed by atoms with Crippen molar-refractivity contribution >= 4 is 46.4 Å². The number of aryl methyl sites for hydroxylation is 2. The van der Waals surface area contributed by atoms with Crippen molar-refractivity contribution in [1.82, 2.24) is 19.9 Å². The summed E-state index contributed by atoms with van der Waals surface area (Å²) in [6.07, 6.45) is 12.5. The van der Waals surface area contributed by atoms with Crippen LogP contribution in [-0.2, 0) is 16.5 Å². The summed E-state index contributed by atoms with van der Waals surface area (Å²) in [5.74, 6) is 0. The summed E-state index contributed by atoms with van der Waals surface area (Å²) in [5, 5.41) is 0. The SMILES string of the molecule is Cc1c2nc(c(C)c3ccc(cc4cc(-[n+]5ccccc5)c([nH]4)c(C)c4nc1C=C4)[nH]3)C=C2.[CH3-].[Ni]. The molecule has 0 atom stereocenters. The monoisotopic (exact) mass is 503 g/mol. The summed E-state index contributed by atoms with van der Waals surface area (Å²) in [4.78, 5) is 17.0. The molecule has 0 saturated heterocycles. The minimum absolute atomic E-state index is 0.